The fourth-order valence-electron chi connectivity index (χ4n) is 1.36. The summed E-state index contributed by atoms with van der Waals surface area (Å²) in [6.45, 7) is 0.495. The Labute approximate surface area is 113 Å². The van der Waals surface area contributed by atoms with Crippen LogP contribution < -0.4 is 0 Å². The molecule has 1 amide bonds. The second-order valence-corrected chi connectivity index (χ2v) is 5.64. The summed E-state index contributed by atoms with van der Waals surface area (Å²) in [5, 5.41) is 0.209. The van der Waals surface area contributed by atoms with Gasteiger partial charge >= 0.3 is 0 Å². The van der Waals surface area contributed by atoms with E-state index in [1.54, 1.807) is 24.1 Å². The maximum Gasteiger partial charge on any atom is 0.289 e. The Morgan fingerprint density at radius 1 is 1.35 bits per heavy atom. The Bertz CT molecular complexity index is 535. The highest BCUT2D eigenvalue weighted by molar-refractivity contribution is 7.16. The van der Waals surface area contributed by atoms with Crippen LogP contribution in [0.2, 0.25) is 9.56 Å². The van der Waals surface area contributed by atoms with Gasteiger partial charge in [0.25, 0.3) is 5.91 Å². The van der Waals surface area contributed by atoms with E-state index in [4.69, 9.17) is 27.6 Å². The van der Waals surface area contributed by atoms with Gasteiger partial charge in [-0.25, -0.2) is 0 Å². The van der Waals surface area contributed by atoms with Crippen molar-refractivity contribution in [2.75, 3.05) is 7.05 Å². The maximum atomic E-state index is 11.9. The normalized spacial score (nSPS) is 10.5. The Hall–Kier alpha value is -0.970. The molecule has 0 aliphatic carbocycles. The summed E-state index contributed by atoms with van der Waals surface area (Å²) in [4.78, 5) is 14.5. The number of hydrogen-bond donors (Lipinski definition) is 0. The molecular weight excluding hydrogens is 281 g/mol. The first-order valence-electron chi connectivity index (χ1n) is 4.81. The highest BCUT2D eigenvalue weighted by Gasteiger charge is 2.16. The van der Waals surface area contributed by atoms with E-state index in [0.717, 1.165) is 4.88 Å². The second-order valence-electron chi connectivity index (χ2n) is 3.47. The minimum atomic E-state index is -0.207. The summed E-state index contributed by atoms with van der Waals surface area (Å²) < 4.78 is 5.77. The van der Waals surface area contributed by atoms with E-state index in [9.17, 15) is 4.79 Å². The number of furan rings is 1. The van der Waals surface area contributed by atoms with Crippen LogP contribution in [0.4, 0.5) is 0 Å². The molecule has 90 valence electrons. The molecule has 0 spiro atoms. The van der Waals surface area contributed by atoms with Crippen LogP contribution in [0, 0.1) is 0 Å². The van der Waals surface area contributed by atoms with Crippen LogP contribution in [0.3, 0.4) is 0 Å². The molecule has 0 N–H and O–H groups in total. The zero-order valence-corrected chi connectivity index (χ0v) is 11.3. The van der Waals surface area contributed by atoms with E-state index in [1.165, 1.54) is 11.3 Å². The van der Waals surface area contributed by atoms with Gasteiger partial charge in [0.15, 0.2) is 11.0 Å². The van der Waals surface area contributed by atoms with Crippen LogP contribution in [-0.2, 0) is 6.54 Å². The minimum Gasteiger partial charge on any atom is -0.440 e. The van der Waals surface area contributed by atoms with Crippen molar-refractivity contribution >= 4 is 40.4 Å². The summed E-state index contributed by atoms with van der Waals surface area (Å²) in [6, 6.07) is 6.81. The zero-order valence-electron chi connectivity index (χ0n) is 8.94. The first kappa shape index (κ1) is 12.5. The summed E-state index contributed by atoms with van der Waals surface area (Å²) in [5.41, 5.74) is 0. The average Bonchev–Trinajstić information content (AvgIpc) is 2.87. The van der Waals surface area contributed by atoms with E-state index in [-0.39, 0.29) is 16.9 Å². The molecule has 2 rings (SSSR count). The van der Waals surface area contributed by atoms with Crippen molar-refractivity contribution in [2.24, 2.45) is 0 Å². The molecule has 2 aromatic rings. The fraction of sp³-hybridized carbons (Fsp3) is 0.182. The summed E-state index contributed by atoms with van der Waals surface area (Å²) in [6.07, 6.45) is 0. The van der Waals surface area contributed by atoms with Crippen molar-refractivity contribution in [1.29, 1.82) is 0 Å². The average molecular weight is 290 g/mol. The number of nitrogens with zero attached hydrogens (tertiary/aromatic N) is 1. The van der Waals surface area contributed by atoms with Crippen molar-refractivity contribution in [1.82, 2.24) is 4.90 Å². The highest BCUT2D eigenvalue weighted by Crippen LogP contribution is 2.23. The third kappa shape index (κ3) is 3.03. The van der Waals surface area contributed by atoms with Crippen molar-refractivity contribution in [3.8, 4) is 0 Å². The summed E-state index contributed by atoms with van der Waals surface area (Å²) in [7, 11) is 1.70. The van der Waals surface area contributed by atoms with Crippen LogP contribution in [0.1, 0.15) is 15.4 Å². The van der Waals surface area contributed by atoms with Crippen molar-refractivity contribution in [2.45, 2.75) is 6.54 Å². The van der Waals surface area contributed by atoms with Crippen LogP contribution in [0.25, 0.3) is 0 Å². The van der Waals surface area contributed by atoms with Gasteiger partial charge in [0, 0.05) is 11.9 Å². The molecule has 0 atom stereocenters. The van der Waals surface area contributed by atoms with Crippen LogP contribution in [0.15, 0.2) is 28.7 Å². The maximum absolute atomic E-state index is 11.9. The molecule has 0 radical (unpaired) electrons. The monoisotopic (exact) mass is 289 g/mol. The predicted molar refractivity (Wildman–Crippen MR) is 68.8 cm³/mol. The van der Waals surface area contributed by atoms with Gasteiger partial charge in [-0.2, -0.15) is 0 Å². The highest BCUT2D eigenvalue weighted by atomic mass is 35.5. The molecule has 2 aromatic heterocycles. The lowest BCUT2D eigenvalue weighted by atomic mass is 10.3. The van der Waals surface area contributed by atoms with Gasteiger partial charge in [-0.1, -0.05) is 11.6 Å². The zero-order chi connectivity index (χ0) is 12.4. The van der Waals surface area contributed by atoms with Crippen molar-refractivity contribution in [3.05, 3.63) is 44.5 Å². The molecule has 0 aliphatic rings. The Balaban J connectivity index is 2.05. The first-order valence-corrected chi connectivity index (χ1v) is 6.38. The molecule has 0 unspecified atom stereocenters. The molecule has 0 saturated carbocycles. The Kier molecular flexibility index (Phi) is 3.76. The number of halogens is 2. The topological polar surface area (TPSA) is 33.5 Å². The smallest absolute Gasteiger partial charge is 0.289 e. The molecule has 0 saturated heterocycles. The number of carbonyl (C=O) groups excluding carboxylic acids is 1. The molecule has 0 aliphatic heterocycles. The largest absolute Gasteiger partial charge is 0.440 e. The van der Waals surface area contributed by atoms with E-state index in [2.05, 4.69) is 0 Å². The van der Waals surface area contributed by atoms with Gasteiger partial charge in [-0.05, 0) is 35.9 Å². The summed E-state index contributed by atoms with van der Waals surface area (Å²) in [5.74, 6) is 0.0292. The van der Waals surface area contributed by atoms with E-state index in [0.29, 0.717) is 10.9 Å². The molecule has 0 bridgehead atoms. The van der Waals surface area contributed by atoms with Crippen LogP contribution in [0.5, 0.6) is 0 Å². The number of hydrogen-bond acceptors (Lipinski definition) is 3. The molecule has 0 aromatic carbocycles. The van der Waals surface area contributed by atoms with Crippen LogP contribution >= 0.6 is 34.5 Å². The molecule has 0 fully saturated rings. The van der Waals surface area contributed by atoms with Gasteiger partial charge in [-0.3, -0.25) is 4.79 Å². The van der Waals surface area contributed by atoms with Crippen LogP contribution in [-0.4, -0.2) is 17.9 Å². The van der Waals surface area contributed by atoms with E-state index < -0.39 is 0 Å². The molecule has 2 heterocycles. The molecular formula is C11H9Cl2NO2S. The number of rotatable bonds is 3. The number of amides is 1. The first-order chi connectivity index (χ1) is 8.06. The number of thiophene rings is 1. The number of carbonyl (C=O) groups is 1. The standard InChI is InChI=1S/C11H9Cl2NO2S/c1-14(6-7-2-5-10(13)17-7)11(15)8-3-4-9(12)16-8/h2-5H,6H2,1H3. The van der Waals surface area contributed by atoms with Gasteiger partial charge in [0.2, 0.25) is 0 Å². The molecule has 3 nitrogen and oxygen atoms in total. The van der Waals surface area contributed by atoms with Gasteiger partial charge in [-0.15, -0.1) is 11.3 Å². The third-order valence-corrected chi connectivity index (χ3v) is 3.57. The SMILES string of the molecule is CN(Cc1ccc(Cl)s1)C(=O)c1ccc(Cl)o1. The minimum absolute atomic E-state index is 0.207. The van der Waals surface area contributed by atoms with Gasteiger partial charge in [0.1, 0.15) is 0 Å². The predicted octanol–water partition coefficient (Wildman–Crippen LogP) is 3.92. The lowest BCUT2D eigenvalue weighted by Gasteiger charge is -2.14. The summed E-state index contributed by atoms with van der Waals surface area (Å²) >= 11 is 12.9. The molecule has 6 heteroatoms. The quantitative estimate of drug-likeness (QED) is 0.858. The Morgan fingerprint density at radius 3 is 2.65 bits per heavy atom. The van der Waals surface area contributed by atoms with Crippen molar-refractivity contribution < 1.29 is 9.21 Å². The van der Waals surface area contributed by atoms with Gasteiger partial charge in [0.05, 0.1) is 10.9 Å². The van der Waals surface area contributed by atoms with Crippen molar-refractivity contribution in [3.63, 3.8) is 0 Å². The lowest BCUT2D eigenvalue weighted by Crippen LogP contribution is -2.25. The lowest BCUT2D eigenvalue weighted by molar-refractivity contribution is 0.0755. The fourth-order valence-corrected chi connectivity index (χ4v) is 2.65. The second kappa shape index (κ2) is 5.12. The molecule has 17 heavy (non-hydrogen) atoms. The van der Waals surface area contributed by atoms with Gasteiger partial charge < -0.3 is 9.32 Å². The Morgan fingerprint density at radius 2 is 2.12 bits per heavy atom. The van der Waals surface area contributed by atoms with E-state index >= 15 is 0 Å². The van der Waals surface area contributed by atoms with E-state index in [1.807, 2.05) is 12.1 Å². The third-order valence-electron chi connectivity index (χ3n) is 2.15.